The Morgan fingerprint density at radius 2 is 2.00 bits per heavy atom. The zero-order valence-electron chi connectivity index (χ0n) is 14.0. The number of hydrogen-bond donors (Lipinski definition) is 1. The Bertz CT molecular complexity index is 929. The van der Waals surface area contributed by atoms with Crippen molar-refractivity contribution in [3.8, 4) is 22.9 Å². The minimum atomic E-state index is 0.418. The molecule has 0 spiro atoms. The van der Waals surface area contributed by atoms with Crippen LogP contribution in [-0.2, 0) is 0 Å². The minimum Gasteiger partial charge on any atom is -0.497 e. The summed E-state index contributed by atoms with van der Waals surface area (Å²) in [6.07, 6.45) is 1.72. The molecule has 0 saturated heterocycles. The van der Waals surface area contributed by atoms with E-state index in [2.05, 4.69) is 15.3 Å². The van der Waals surface area contributed by atoms with E-state index in [9.17, 15) is 0 Å². The molecule has 3 aromatic rings. The summed E-state index contributed by atoms with van der Waals surface area (Å²) < 4.78 is 12.7. The molecule has 0 saturated carbocycles. The van der Waals surface area contributed by atoms with E-state index in [1.54, 1.807) is 18.0 Å². The van der Waals surface area contributed by atoms with Crippen molar-refractivity contribution < 1.29 is 9.47 Å². The highest BCUT2D eigenvalue weighted by Gasteiger charge is 2.09. The summed E-state index contributed by atoms with van der Waals surface area (Å²) in [5, 5.41) is 11.5. The fourth-order valence-corrected chi connectivity index (χ4v) is 2.47. The number of aromatic nitrogens is 3. The standard InChI is InChI=1S/C18H18N4O2S/c1-3-24-16-6-4-5-14(11-16)17-20-21-18(25)22(17)19-12-13-7-9-15(23-2)10-8-13/h4-12H,3H2,1-2H3,(H,21,25)/b19-12+. The Balaban J connectivity index is 1.92. The van der Waals surface area contributed by atoms with Crippen LogP contribution in [0.1, 0.15) is 12.5 Å². The number of nitrogens with zero attached hydrogens (tertiary/aromatic N) is 3. The van der Waals surface area contributed by atoms with E-state index in [0.717, 1.165) is 22.6 Å². The van der Waals surface area contributed by atoms with Crippen molar-refractivity contribution in [2.45, 2.75) is 6.92 Å². The van der Waals surface area contributed by atoms with E-state index in [0.29, 0.717) is 17.2 Å². The molecule has 1 aromatic heterocycles. The van der Waals surface area contributed by atoms with Crippen LogP contribution in [0.4, 0.5) is 0 Å². The number of methoxy groups -OCH3 is 1. The highest BCUT2D eigenvalue weighted by atomic mass is 32.1. The normalized spacial score (nSPS) is 11.0. The van der Waals surface area contributed by atoms with Gasteiger partial charge in [-0.2, -0.15) is 14.9 Å². The van der Waals surface area contributed by atoms with Gasteiger partial charge < -0.3 is 9.47 Å². The molecule has 25 heavy (non-hydrogen) atoms. The third kappa shape index (κ3) is 3.95. The number of ether oxygens (including phenoxy) is 2. The molecule has 0 aliphatic heterocycles. The predicted molar refractivity (Wildman–Crippen MR) is 100 cm³/mol. The third-order valence-electron chi connectivity index (χ3n) is 3.49. The highest BCUT2D eigenvalue weighted by Crippen LogP contribution is 2.22. The van der Waals surface area contributed by atoms with Crippen molar-refractivity contribution >= 4 is 18.4 Å². The topological polar surface area (TPSA) is 64.4 Å². The minimum absolute atomic E-state index is 0.418. The maximum absolute atomic E-state index is 5.54. The van der Waals surface area contributed by atoms with Gasteiger partial charge in [0.05, 0.1) is 19.9 Å². The summed E-state index contributed by atoms with van der Waals surface area (Å²) in [7, 11) is 1.64. The first-order valence-electron chi connectivity index (χ1n) is 7.80. The quantitative estimate of drug-likeness (QED) is 0.539. The summed E-state index contributed by atoms with van der Waals surface area (Å²) in [5.41, 5.74) is 1.79. The maximum atomic E-state index is 5.54. The molecule has 1 heterocycles. The predicted octanol–water partition coefficient (Wildman–Crippen LogP) is 3.90. The van der Waals surface area contributed by atoms with Crippen LogP contribution in [0, 0.1) is 4.77 Å². The second-order valence-corrected chi connectivity index (χ2v) is 5.53. The van der Waals surface area contributed by atoms with E-state index in [1.807, 2.05) is 55.5 Å². The van der Waals surface area contributed by atoms with Crippen LogP contribution in [0.5, 0.6) is 11.5 Å². The molecule has 0 bridgehead atoms. The molecule has 6 nitrogen and oxygen atoms in total. The van der Waals surface area contributed by atoms with E-state index in [4.69, 9.17) is 21.7 Å². The van der Waals surface area contributed by atoms with E-state index < -0.39 is 0 Å². The zero-order valence-corrected chi connectivity index (χ0v) is 14.8. The van der Waals surface area contributed by atoms with Crippen molar-refractivity contribution in [3.63, 3.8) is 0 Å². The SMILES string of the molecule is CCOc1cccc(-c2n[nH]c(=S)n2/N=C/c2ccc(OC)cc2)c1. The number of rotatable bonds is 6. The fraction of sp³-hybridized carbons (Fsp3) is 0.167. The van der Waals surface area contributed by atoms with Gasteiger partial charge in [0, 0.05) is 5.56 Å². The zero-order chi connectivity index (χ0) is 17.6. The van der Waals surface area contributed by atoms with Gasteiger partial charge in [-0.05, 0) is 61.1 Å². The van der Waals surface area contributed by atoms with Gasteiger partial charge in [0.1, 0.15) is 11.5 Å². The van der Waals surface area contributed by atoms with Gasteiger partial charge in [-0.3, -0.25) is 0 Å². The molecule has 2 aromatic carbocycles. The van der Waals surface area contributed by atoms with Gasteiger partial charge in [-0.25, -0.2) is 5.10 Å². The Morgan fingerprint density at radius 1 is 1.20 bits per heavy atom. The molecule has 0 fully saturated rings. The van der Waals surface area contributed by atoms with Crippen LogP contribution in [0.2, 0.25) is 0 Å². The molecule has 0 atom stereocenters. The van der Waals surface area contributed by atoms with Gasteiger partial charge in [0.2, 0.25) is 4.77 Å². The van der Waals surface area contributed by atoms with Crippen LogP contribution in [0.25, 0.3) is 11.4 Å². The van der Waals surface area contributed by atoms with Gasteiger partial charge in [-0.1, -0.05) is 12.1 Å². The Morgan fingerprint density at radius 3 is 2.72 bits per heavy atom. The Kier molecular flexibility index (Phi) is 5.25. The van der Waals surface area contributed by atoms with Crippen molar-refractivity contribution in [2.75, 3.05) is 13.7 Å². The number of hydrogen-bond acceptors (Lipinski definition) is 5. The summed E-state index contributed by atoms with van der Waals surface area (Å²) in [5.74, 6) is 2.20. The van der Waals surface area contributed by atoms with Crippen molar-refractivity contribution in [2.24, 2.45) is 5.10 Å². The van der Waals surface area contributed by atoms with Crippen LogP contribution < -0.4 is 9.47 Å². The van der Waals surface area contributed by atoms with Gasteiger partial charge in [-0.15, -0.1) is 0 Å². The molecule has 1 N–H and O–H groups in total. The van der Waals surface area contributed by atoms with Crippen LogP contribution in [-0.4, -0.2) is 34.8 Å². The van der Waals surface area contributed by atoms with Crippen molar-refractivity contribution in [1.82, 2.24) is 14.9 Å². The van der Waals surface area contributed by atoms with E-state index >= 15 is 0 Å². The van der Waals surface area contributed by atoms with Crippen LogP contribution in [0.3, 0.4) is 0 Å². The molecule has 7 heteroatoms. The lowest BCUT2D eigenvalue weighted by Gasteiger charge is -2.05. The molecule has 0 aliphatic carbocycles. The first kappa shape index (κ1) is 16.9. The second-order valence-electron chi connectivity index (χ2n) is 5.14. The smallest absolute Gasteiger partial charge is 0.216 e. The van der Waals surface area contributed by atoms with E-state index in [1.165, 1.54) is 0 Å². The highest BCUT2D eigenvalue weighted by molar-refractivity contribution is 7.71. The largest absolute Gasteiger partial charge is 0.497 e. The lowest BCUT2D eigenvalue weighted by molar-refractivity contribution is 0.340. The molecular formula is C18H18N4O2S. The molecule has 0 amide bonds. The fourth-order valence-electron chi connectivity index (χ4n) is 2.29. The summed E-state index contributed by atoms with van der Waals surface area (Å²) >= 11 is 5.29. The van der Waals surface area contributed by atoms with Crippen LogP contribution in [0.15, 0.2) is 53.6 Å². The first-order valence-corrected chi connectivity index (χ1v) is 8.21. The summed E-state index contributed by atoms with van der Waals surface area (Å²) in [6, 6.07) is 15.3. The lowest BCUT2D eigenvalue weighted by atomic mass is 10.2. The van der Waals surface area contributed by atoms with Gasteiger partial charge in [0.15, 0.2) is 5.82 Å². The lowest BCUT2D eigenvalue weighted by Crippen LogP contribution is -1.96. The molecule has 0 aliphatic rings. The monoisotopic (exact) mass is 354 g/mol. The van der Waals surface area contributed by atoms with Crippen LogP contribution >= 0.6 is 12.2 Å². The maximum Gasteiger partial charge on any atom is 0.216 e. The average Bonchev–Trinajstić information content (AvgIpc) is 3.01. The summed E-state index contributed by atoms with van der Waals surface area (Å²) in [6.45, 7) is 2.55. The number of nitrogens with one attached hydrogen (secondary N) is 1. The third-order valence-corrected chi connectivity index (χ3v) is 3.76. The molecular weight excluding hydrogens is 336 g/mol. The van der Waals surface area contributed by atoms with Crippen molar-refractivity contribution in [3.05, 3.63) is 58.9 Å². The van der Waals surface area contributed by atoms with Gasteiger partial charge >= 0.3 is 0 Å². The van der Waals surface area contributed by atoms with Gasteiger partial charge in [0.25, 0.3) is 0 Å². The van der Waals surface area contributed by atoms with Crippen molar-refractivity contribution in [1.29, 1.82) is 0 Å². The van der Waals surface area contributed by atoms with E-state index in [-0.39, 0.29) is 0 Å². The average molecular weight is 354 g/mol. The molecule has 0 radical (unpaired) electrons. The number of benzene rings is 2. The number of H-pyrrole nitrogens is 1. The Hall–Kier alpha value is -2.93. The second kappa shape index (κ2) is 7.76. The molecule has 128 valence electrons. The summed E-state index contributed by atoms with van der Waals surface area (Å²) in [4.78, 5) is 0. The molecule has 3 rings (SSSR count). The molecule has 0 unspecified atom stereocenters. The first-order chi connectivity index (χ1) is 12.2. The number of aromatic amines is 1. The Labute approximate surface area is 150 Å².